The molecular weight excluding hydrogens is 442 g/mol. The van der Waals surface area contributed by atoms with Gasteiger partial charge >= 0.3 is 0 Å². The van der Waals surface area contributed by atoms with Crippen LogP contribution >= 0.6 is 35.6 Å². The van der Waals surface area contributed by atoms with Crippen LogP contribution in [-0.2, 0) is 4.79 Å². The van der Waals surface area contributed by atoms with Gasteiger partial charge in [-0.1, -0.05) is 47.7 Å². The van der Waals surface area contributed by atoms with Crippen LogP contribution in [0.1, 0.15) is 5.76 Å². The average Bonchev–Trinajstić information content (AvgIpc) is 3.32. The summed E-state index contributed by atoms with van der Waals surface area (Å²) < 4.78 is 16.9. The van der Waals surface area contributed by atoms with Gasteiger partial charge in [-0.15, -0.1) is 0 Å². The molecule has 152 valence electrons. The molecule has 2 aromatic carbocycles. The second kappa shape index (κ2) is 8.55. The van der Waals surface area contributed by atoms with Gasteiger partial charge in [-0.05, 0) is 36.4 Å². The summed E-state index contributed by atoms with van der Waals surface area (Å²) >= 11 is 12.9. The van der Waals surface area contributed by atoms with Gasteiger partial charge in [-0.3, -0.25) is 9.69 Å². The number of anilines is 1. The summed E-state index contributed by atoms with van der Waals surface area (Å²) in [6.07, 6.45) is 1.68. The van der Waals surface area contributed by atoms with Crippen molar-refractivity contribution >= 4 is 57.6 Å². The first-order valence-electron chi connectivity index (χ1n) is 8.86. The van der Waals surface area contributed by atoms with Gasteiger partial charge in [0.2, 0.25) is 0 Å². The van der Waals surface area contributed by atoms with E-state index in [1.54, 1.807) is 43.5 Å². The van der Waals surface area contributed by atoms with E-state index in [1.807, 2.05) is 24.3 Å². The molecule has 1 aliphatic rings. The van der Waals surface area contributed by atoms with Crippen molar-refractivity contribution in [2.75, 3.05) is 19.1 Å². The molecule has 3 aromatic rings. The quantitative estimate of drug-likeness (QED) is 0.345. The lowest BCUT2D eigenvalue weighted by Crippen LogP contribution is -2.27. The topological polar surface area (TPSA) is 51.9 Å². The van der Waals surface area contributed by atoms with E-state index in [2.05, 4.69) is 0 Å². The average molecular weight is 458 g/mol. The van der Waals surface area contributed by atoms with E-state index in [4.69, 9.17) is 37.7 Å². The highest BCUT2D eigenvalue weighted by Gasteiger charge is 2.35. The number of furan rings is 1. The molecule has 1 aliphatic heterocycles. The predicted octanol–water partition coefficient (Wildman–Crippen LogP) is 6.02. The molecule has 0 radical (unpaired) electrons. The van der Waals surface area contributed by atoms with E-state index in [0.717, 1.165) is 5.56 Å². The van der Waals surface area contributed by atoms with Crippen LogP contribution in [0.5, 0.6) is 11.5 Å². The molecule has 0 spiro atoms. The molecule has 0 bridgehead atoms. The molecule has 0 unspecified atom stereocenters. The fourth-order valence-electron chi connectivity index (χ4n) is 3.01. The van der Waals surface area contributed by atoms with Gasteiger partial charge < -0.3 is 13.9 Å². The van der Waals surface area contributed by atoms with Crippen LogP contribution < -0.4 is 14.4 Å². The number of halogens is 1. The van der Waals surface area contributed by atoms with Crippen LogP contribution in [0.4, 0.5) is 5.69 Å². The summed E-state index contributed by atoms with van der Waals surface area (Å²) in [5.74, 6) is 2.03. The summed E-state index contributed by atoms with van der Waals surface area (Å²) in [5.41, 5.74) is 1.34. The maximum Gasteiger partial charge on any atom is 0.271 e. The molecule has 1 aromatic heterocycles. The zero-order chi connectivity index (χ0) is 21.3. The Morgan fingerprint density at radius 2 is 1.90 bits per heavy atom. The molecule has 1 saturated heterocycles. The Bertz CT molecular complexity index is 1170. The number of hydrogen-bond donors (Lipinski definition) is 0. The molecular formula is C22H16ClNO4S2. The minimum atomic E-state index is -0.246. The highest BCUT2D eigenvalue weighted by molar-refractivity contribution is 8.27. The Labute approximate surface area is 188 Å². The lowest BCUT2D eigenvalue weighted by molar-refractivity contribution is -0.113. The molecule has 2 heterocycles. The number of carbonyl (C=O) groups excluding carboxylic acids is 1. The molecule has 30 heavy (non-hydrogen) atoms. The zero-order valence-electron chi connectivity index (χ0n) is 16.0. The first-order chi connectivity index (χ1) is 14.5. The highest BCUT2D eigenvalue weighted by Crippen LogP contribution is 2.41. The van der Waals surface area contributed by atoms with E-state index in [0.29, 0.717) is 43.0 Å². The number of rotatable bonds is 5. The third-order valence-electron chi connectivity index (χ3n) is 4.46. The number of nitrogens with zero attached hydrogens (tertiary/aromatic N) is 1. The second-order valence-electron chi connectivity index (χ2n) is 6.24. The van der Waals surface area contributed by atoms with E-state index in [-0.39, 0.29) is 5.91 Å². The second-order valence-corrected chi connectivity index (χ2v) is 8.32. The van der Waals surface area contributed by atoms with Crippen molar-refractivity contribution in [3.8, 4) is 22.8 Å². The minimum Gasteiger partial charge on any atom is -0.497 e. The molecule has 4 rings (SSSR count). The number of amides is 1. The monoisotopic (exact) mass is 457 g/mol. The van der Waals surface area contributed by atoms with Crippen molar-refractivity contribution in [2.24, 2.45) is 0 Å². The standard InChI is InChI=1S/C22H16ClNO4S2/c1-26-13-7-9-17(19(11-13)27-2)24-21(25)20(30-22(24)29)12-14-8-10-18(28-14)15-5-3-4-6-16(15)23/h3-12H,1-2H3/b20-12+. The lowest BCUT2D eigenvalue weighted by Gasteiger charge is -2.18. The van der Waals surface area contributed by atoms with Crippen molar-refractivity contribution in [3.05, 3.63) is 70.3 Å². The molecule has 0 aliphatic carbocycles. The van der Waals surface area contributed by atoms with Gasteiger partial charge in [0.1, 0.15) is 23.0 Å². The summed E-state index contributed by atoms with van der Waals surface area (Å²) in [7, 11) is 3.10. The molecule has 1 fully saturated rings. The fraction of sp³-hybridized carbons (Fsp3) is 0.0909. The molecule has 0 N–H and O–H groups in total. The van der Waals surface area contributed by atoms with E-state index in [9.17, 15) is 4.79 Å². The number of carbonyl (C=O) groups is 1. The van der Waals surface area contributed by atoms with Gasteiger partial charge in [0, 0.05) is 17.7 Å². The minimum absolute atomic E-state index is 0.246. The van der Waals surface area contributed by atoms with Crippen molar-refractivity contribution in [1.29, 1.82) is 0 Å². The lowest BCUT2D eigenvalue weighted by atomic mass is 10.2. The molecule has 1 amide bonds. The number of hydrogen-bond acceptors (Lipinski definition) is 6. The van der Waals surface area contributed by atoms with Crippen LogP contribution in [0.3, 0.4) is 0 Å². The van der Waals surface area contributed by atoms with Crippen molar-refractivity contribution in [2.45, 2.75) is 0 Å². The Balaban J connectivity index is 1.64. The van der Waals surface area contributed by atoms with Crippen LogP contribution in [0.15, 0.2) is 63.9 Å². The fourth-order valence-corrected chi connectivity index (χ4v) is 4.50. The largest absolute Gasteiger partial charge is 0.497 e. The van der Waals surface area contributed by atoms with Gasteiger partial charge in [0.25, 0.3) is 5.91 Å². The van der Waals surface area contributed by atoms with Gasteiger partial charge in [-0.25, -0.2) is 0 Å². The third kappa shape index (κ3) is 3.84. The molecule has 0 saturated carbocycles. The summed E-state index contributed by atoms with van der Waals surface area (Å²) in [6, 6.07) is 16.2. The zero-order valence-corrected chi connectivity index (χ0v) is 18.4. The summed E-state index contributed by atoms with van der Waals surface area (Å²) in [5, 5.41) is 0.594. The maximum absolute atomic E-state index is 13.1. The maximum atomic E-state index is 13.1. The smallest absolute Gasteiger partial charge is 0.271 e. The Kier molecular flexibility index (Phi) is 5.85. The Morgan fingerprint density at radius 3 is 2.63 bits per heavy atom. The van der Waals surface area contributed by atoms with Crippen LogP contribution in [0.2, 0.25) is 5.02 Å². The molecule has 8 heteroatoms. The van der Waals surface area contributed by atoms with Crippen LogP contribution in [-0.4, -0.2) is 24.4 Å². The van der Waals surface area contributed by atoms with Crippen LogP contribution in [0.25, 0.3) is 17.4 Å². The summed E-state index contributed by atoms with van der Waals surface area (Å²) in [4.78, 5) is 15.0. The third-order valence-corrected chi connectivity index (χ3v) is 6.09. The number of benzene rings is 2. The van der Waals surface area contributed by atoms with Gasteiger partial charge in [0.05, 0.1) is 29.8 Å². The Morgan fingerprint density at radius 1 is 1.10 bits per heavy atom. The number of methoxy groups -OCH3 is 2. The Hall–Kier alpha value is -2.74. The van der Waals surface area contributed by atoms with Gasteiger partial charge in [0.15, 0.2) is 4.32 Å². The van der Waals surface area contributed by atoms with Crippen LogP contribution in [0, 0.1) is 0 Å². The summed E-state index contributed by atoms with van der Waals surface area (Å²) in [6.45, 7) is 0. The predicted molar refractivity (Wildman–Crippen MR) is 124 cm³/mol. The van der Waals surface area contributed by atoms with Crippen molar-refractivity contribution < 1.29 is 18.7 Å². The first-order valence-corrected chi connectivity index (χ1v) is 10.5. The van der Waals surface area contributed by atoms with E-state index in [1.165, 1.54) is 23.8 Å². The van der Waals surface area contributed by atoms with E-state index >= 15 is 0 Å². The highest BCUT2D eigenvalue weighted by atomic mass is 35.5. The van der Waals surface area contributed by atoms with Crippen molar-refractivity contribution in [3.63, 3.8) is 0 Å². The number of ether oxygens (including phenoxy) is 2. The van der Waals surface area contributed by atoms with Crippen molar-refractivity contribution in [1.82, 2.24) is 0 Å². The van der Waals surface area contributed by atoms with Gasteiger partial charge in [-0.2, -0.15) is 0 Å². The number of thiocarbonyl (C=S) groups is 1. The normalized spacial score (nSPS) is 15.2. The van der Waals surface area contributed by atoms with E-state index < -0.39 is 0 Å². The first kappa shape index (κ1) is 20.5. The molecule has 5 nitrogen and oxygen atoms in total. The number of thioether (sulfide) groups is 1. The SMILES string of the molecule is COc1ccc(N2C(=O)/C(=C\c3ccc(-c4ccccc4Cl)o3)SC2=S)c(OC)c1. The molecule has 0 atom stereocenters.